The Labute approximate surface area is 138 Å². The second-order valence-corrected chi connectivity index (χ2v) is 5.66. The molecular formula is C17H15N5O2. The summed E-state index contributed by atoms with van der Waals surface area (Å²) in [5.41, 5.74) is 3.50. The van der Waals surface area contributed by atoms with Crippen molar-refractivity contribution in [1.29, 1.82) is 0 Å². The lowest BCUT2D eigenvalue weighted by Gasteiger charge is -2.14. The first-order valence-corrected chi connectivity index (χ1v) is 7.60. The van der Waals surface area contributed by atoms with Crippen LogP contribution in [0.2, 0.25) is 0 Å². The highest BCUT2D eigenvalue weighted by atomic mass is 16.5. The van der Waals surface area contributed by atoms with Crippen LogP contribution in [0.25, 0.3) is 5.69 Å². The molecule has 2 aromatic carbocycles. The number of nitrogens with zero attached hydrogens (tertiary/aromatic N) is 4. The Morgan fingerprint density at radius 3 is 2.96 bits per heavy atom. The highest BCUT2D eigenvalue weighted by molar-refractivity contribution is 5.96. The molecule has 0 fully saturated rings. The smallest absolute Gasteiger partial charge is 0.265 e. The summed E-state index contributed by atoms with van der Waals surface area (Å²) in [6.45, 7) is 1.93. The number of carbonyl (C=O) groups is 1. The van der Waals surface area contributed by atoms with Crippen molar-refractivity contribution in [1.82, 2.24) is 20.2 Å². The largest absolute Gasteiger partial charge is 0.480 e. The molecule has 2 heterocycles. The zero-order valence-corrected chi connectivity index (χ0v) is 13.0. The van der Waals surface area contributed by atoms with Crippen molar-refractivity contribution in [2.75, 3.05) is 5.32 Å². The molecule has 7 heteroatoms. The Morgan fingerprint density at radius 1 is 1.29 bits per heavy atom. The molecule has 1 aliphatic rings. The molecule has 1 aliphatic heterocycles. The zero-order valence-electron chi connectivity index (χ0n) is 13.0. The van der Waals surface area contributed by atoms with Gasteiger partial charge in [0.1, 0.15) is 12.1 Å². The van der Waals surface area contributed by atoms with E-state index in [0.29, 0.717) is 12.1 Å². The molecule has 1 amide bonds. The Bertz CT molecular complexity index is 867. The van der Waals surface area contributed by atoms with Crippen molar-refractivity contribution >= 4 is 11.6 Å². The van der Waals surface area contributed by atoms with Gasteiger partial charge in [-0.15, -0.1) is 5.10 Å². The predicted molar refractivity (Wildman–Crippen MR) is 87.1 cm³/mol. The molecule has 0 radical (unpaired) electrons. The lowest BCUT2D eigenvalue weighted by atomic mass is 10.1. The molecule has 1 atom stereocenters. The number of aryl methyl sites for hydroxylation is 1. The van der Waals surface area contributed by atoms with Gasteiger partial charge in [-0.25, -0.2) is 4.68 Å². The van der Waals surface area contributed by atoms with Gasteiger partial charge in [0.25, 0.3) is 5.91 Å². The van der Waals surface area contributed by atoms with Gasteiger partial charge < -0.3 is 10.1 Å². The Hall–Kier alpha value is -3.22. The summed E-state index contributed by atoms with van der Waals surface area (Å²) in [5, 5.41) is 14.0. The lowest BCUT2D eigenvalue weighted by Crippen LogP contribution is -2.31. The molecule has 0 aliphatic carbocycles. The molecule has 0 saturated carbocycles. The fourth-order valence-electron chi connectivity index (χ4n) is 2.71. The van der Waals surface area contributed by atoms with Crippen LogP contribution in [0, 0.1) is 6.92 Å². The predicted octanol–water partition coefficient (Wildman–Crippen LogP) is 1.91. The third-order valence-corrected chi connectivity index (χ3v) is 4.03. The zero-order chi connectivity index (χ0) is 16.5. The number of ether oxygens (including phenoxy) is 1. The molecule has 3 aromatic rings. The number of tetrazole rings is 1. The van der Waals surface area contributed by atoms with Gasteiger partial charge in [0, 0.05) is 12.1 Å². The van der Waals surface area contributed by atoms with E-state index in [4.69, 9.17) is 4.74 Å². The molecule has 4 rings (SSSR count). The minimum Gasteiger partial charge on any atom is -0.480 e. The van der Waals surface area contributed by atoms with E-state index in [1.54, 1.807) is 0 Å². The van der Waals surface area contributed by atoms with E-state index in [-0.39, 0.29) is 5.91 Å². The minimum absolute atomic E-state index is 0.164. The first kappa shape index (κ1) is 14.4. The van der Waals surface area contributed by atoms with Crippen molar-refractivity contribution in [3.05, 3.63) is 59.9 Å². The maximum absolute atomic E-state index is 12.6. The summed E-state index contributed by atoms with van der Waals surface area (Å²) in [6, 6.07) is 13.4. The van der Waals surface area contributed by atoms with Gasteiger partial charge in [0.15, 0.2) is 6.10 Å². The number of hydrogen-bond acceptors (Lipinski definition) is 5. The molecule has 0 saturated heterocycles. The SMILES string of the molecule is Cc1ccc(-n2cnnn2)cc1NC(=O)[C@@H]1Cc2ccccc2O1. The van der Waals surface area contributed by atoms with E-state index < -0.39 is 6.10 Å². The van der Waals surface area contributed by atoms with Gasteiger partial charge in [-0.3, -0.25) is 4.79 Å². The Morgan fingerprint density at radius 2 is 2.17 bits per heavy atom. The van der Waals surface area contributed by atoms with Crippen LogP contribution in [0.5, 0.6) is 5.75 Å². The van der Waals surface area contributed by atoms with Gasteiger partial charge in [-0.2, -0.15) is 0 Å². The second kappa shape index (κ2) is 5.77. The van der Waals surface area contributed by atoms with Crippen molar-refractivity contribution in [2.45, 2.75) is 19.4 Å². The number of para-hydroxylation sites is 1. The second-order valence-electron chi connectivity index (χ2n) is 5.66. The fraction of sp³-hybridized carbons (Fsp3) is 0.176. The first-order chi connectivity index (χ1) is 11.7. The Balaban J connectivity index is 1.53. The number of fused-ring (bicyclic) bond motifs is 1. The van der Waals surface area contributed by atoms with Crippen LogP contribution in [0.4, 0.5) is 5.69 Å². The fourth-order valence-corrected chi connectivity index (χ4v) is 2.71. The van der Waals surface area contributed by atoms with Crippen molar-refractivity contribution < 1.29 is 9.53 Å². The van der Waals surface area contributed by atoms with Gasteiger partial charge in [0.2, 0.25) is 0 Å². The monoisotopic (exact) mass is 321 g/mol. The standard InChI is InChI=1S/C17H15N5O2/c1-11-6-7-13(22-10-18-20-21-22)9-14(11)19-17(23)16-8-12-4-2-3-5-15(12)24-16/h2-7,9-10,16H,8H2,1H3,(H,19,23)/t16-/m0/s1. The summed E-state index contributed by atoms with van der Waals surface area (Å²) < 4.78 is 7.27. The van der Waals surface area contributed by atoms with E-state index in [1.165, 1.54) is 11.0 Å². The third-order valence-electron chi connectivity index (χ3n) is 4.03. The quantitative estimate of drug-likeness (QED) is 0.797. The summed E-state index contributed by atoms with van der Waals surface area (Å²) in [7, 11) is 0. The number of aromatic nitrogens is 4. The summed E-state index contributed by atoms with van der Waals surface area (Å²) in [5.74, 6) is 0.611. The molecule has 1 N–H and O–H groups in total. The van der Waals surface area contributed by atoms with E-state index in [1.807, 2.05) is 49.4 Å². The topological polar surface area (TPSA) is 81.9 Å². The Kier molecular flexibility index (Phi) is 3.45. The molecule has 120 valence electrons. The highest BCUT2D eigenvalue weighted by Gasteiger charge is 2.29. The van der Waals surface area contributed by atoms with E-state index in [9.17, 15) is 4.79 Å². The number of nitrogens with one attached hydrogen (secondary N) is 1. The number of hydrogen-bond donors (Lipinski definition) is 1. The summed E-state index contributed by atoms with van der Waals surface area (Å²) in [6.07, 6.45) is 1.57. The summed E-state index contributed by atoms with van der Waals surface area (Å²) >= 11 is 0. The van der Waals surface area contributed by atoms with Gasteiger partial charge in [-0.1, -0.05) is 24.3 Å². The van der Waals surface area contributed by atoms with E-state index in [0.717, 1.165) is 22.6 Å². The molecule has 24 heavy (non-hydrogen) atoms. The highest BCUT2D eigenvalue weighted by Crippen LogP contribution is 2.29. The van der Waals surface area contributed by atoms with Crippen molar-refractivity contribution in [3.63, 3.8) is 0 Å². The van der Waals surface area contributed by atoms with Crippen LogP contribution in [0.15, 0.2) is 48.8 Å². The summed E-state index contributed by atoms with van der Waals surface area (Å²) in [4.78, 5) is 12.6. The number of amides is 1. The van der Waals surface area contributed by atoms with Crippen LogP contribution in [0.3, 0.4) is 0 Å². The number of rotatable bonds is 3. The molecule has 0 unspecified atom stereocenters. The molecule has 0 spiro atoms. The minimum atomic E-state index is -0.515. The van der Waals surface area contributed by atoms with E-state index in [2.05, 4.69) is 20.8 Å². The van der Waals surface area contributed by atoms with Crippen LogP contribution in [-0.2, 0) is 11.2 Å². The van der Waals surface area contributed by atoms with Crippen LogP contribution >= 0.6 is 0 Å². The van der Waals surface area contributed by atoms with Gasteiger partial charge >= 0.3 is 0 Å². The first-order valence-electron chi connectivity index (χ1n) is 7.60. The average Bonchev–Trinajstić information content (AvgIpc) is 3.26. The number of benzene rings is 2. The molecular weight excluding hydrogens is 306 g/mol. The normalized spacial score (nSPS) is 15.6. The molecule has 7 nitrogen and oxygen atoms in total. The molecule has 1 aromatic heterocycles. The molecule has 0 bridgehead atoms. The third kappa shape index (κ3) is 2.60. The van der Waals surface area contributed by atoms with Gasteiger partial charge in [-0.05, 0) is 46.7 Å². The lowest BCUT2D eigenvalue weighted by molar-refractivity contribution is -0.122. The van der Waals surface area contributed by atoms with Crippen molar-refractivity contribution in [3.8, 4) is 11.4 Å². The van der Waals surface area contributed by atoms with Gasteiger partial charge in [0.05, 0.1) is 5.69 Å². The number of anilines is 1. The average molecular weight is 321 g/mol. The maximum Gasteiger partial charge on any atom is 0.265 e. The van der Waals surface area contributed by atoms with Crippen LogP contribution in [0.1, 0.15) is 11.1 Å². The van der Waals surface area contributed by atoms with E-state index >= 15 is 0 Å². The van der Waals surface area contributed by atoms with Crippen LogP contribution in [-0.4, -0.2) is 32.2 Å². The maximum atomic E-state index is 12.6. The number of carbonyl (C=O) groups excluding carboxylic acids is 1. The van der Waals surface area contributed by atoms with Crippen LogP contribution < -0.4 is 10.1 Å². The van der Waals surface area contributed by atoms with Crippen molar-refractivity contribution in [2.24, 2.45) is 0 Å².